The molecule has 0 radical (unpaired) electrons. The first-order valence-electron chi connectivity index (χ1n) is 4.36. The van der Waals surface area contributed by atoms with E-state index in [1.807, 2.05) is 12.2 Å². The second-order valence-corrected chi connectivity index (χ2v) is 3.84. The van der Waals surface area contributed by atoms with Crippen molar-refractivity contribution in [1.82, 2.24) is 0 Å². The van der Waals surface area contributed by atoms with Crippen LogP contribution in [0.25, 0.3) is 0 Å². The molecule has 0 heterocycles. The molecule has 0 saturated heterocycles. The van der Waals surface area contributed by atoms with Crippen molar-refractivity contribution >= 4 is 11.8 Å². The van der Waals surface area contributed by atoms with Gasteiger partial charge in [-0.05, 0) is 18.9 Å². The van der Waals surface area contributed by atoms with Gasteiger partial charge < -0.3 is 0 Å². The molecule has 0 N–H and O–H groups in total. The van der Waals surface area contributed by atoms with E-state index >= 15 is 0 Å². The summed E-state index contributed by atoms with van der Waals surface area (Å²) in [5, 5.41) is 0. The fourth-order valence-electron chi connectivity index (χ4n) is 1.06. The summed E-state index contributed by atoms with van der Waals surface area (Å²) in [7, 11) is 0. The molecule has 1 heteroatoms. The van der Waals surface area contributed by atoms with Crippen LogP contribution in [0.15, 0.2) is 59.4 Å². The van der Waals surface area contributed by atoms with Crippen LogP contribution in [0.3, 0.4) is 0 Å². The molecular weight excluding hydrogens is 176 g/mol. The molecule has 0 aromatic rings. The Kier molecular flexibility index (Phi) is 4.41. The number of rotatable bonds is 4. The number of hydrogen-bond donors (Lipinski definition) is 0. The van der Waals surface area contributed by atoms with Crippen molar-refractivity contribution < 1.29 is 0 Å². The quantitative estimate of drug-likeness (QED) is 0.598. The van der Waals surface area contributed by atoms with E-state index in [0.717, 1.165) is 11.3 Å². The second kappa shape index (κ2) is 5.65. The van der Waals surface area contributed by atoms with E-state index in [1.165, 1.54) is 11.3 Å². The summed E-state index contributed by atoms with van der Waals surface area (Å²) in [5.41, 5.74) is 0. The fourth-order valence-corrected chi connectivity index (χ4v) is 1.95. The molecule has 68 valence electrons. The van der Waals surface area contributed by atoms with E-state index in [0.29, 0.717) is 0 Å². The summed E-state index contributed by atoms with van der Waals surface area (Å²) < 4.78 is 0. The van der Waals surface area contributed by atoms with Crippen LogP contribution >= 0.6 is 11.8 Å². The summed E-state index contributed by atoms with van der Waals surface area (Å²) >= 11 is 1.74. The topological polar surface area (TPSA) is 0 Å². The van der Waals surface area contributed by atoms with Gasteiger partial charge in [-0.3, -0.25) is 0 Å². The lowest BCUT2D eigenvalue weighted by atomic mass is 10.2. The lowest BCUT2D eigenvalue weighted by molar-refractivity contribution is 1.03. The fraction of sp³-hybridized carbons (Fsp3) is 0.167. The van der Waals surface area contributed by atoms with Crippen molar-refractivity contribution in [1.29, 1.82) is 0 Å². The first-order chi connectivity index (χ1) is 6.36. The third-order valence-electron chi connectivity index (χ3n) is 1.68. The van der Waals surface area contributed by atoms with E-state index < -0.39 is 0 Å². The summed E-state index contributed by atoms with van der Waals surface area (Å²) in [6.07, 6.45) is 14.6. The first-order valence-corrected chi connectivity index (χ1v) is 5.18. The third-order valence-corrected chi connectivity index (χ3v) is 2.76. The molecule has 0 aromatic carbocycles. The first kappa shape index (κ1) is 10.1. The largest absolute Gasteiger partial charge is 0.0990 e. The number of hydrogen-bond acceptors (Lipinski definition) is 1. The Morgan fingerprint density at radius 3 is 2.77 bits per heavy atom. The van der Waals surface area contributed by atoms with Gasteiger partial charge in [-0.1, -0.05) is 55.3 Å². The highest BCUT2D eigenvalue weighted by Gasteiger charge is 1.99. The van der Waals surface area contributed by atoms with Crippen LogP contribution in [-0.2, 0) is 0 Å². The Balaban J connectivity index is 2.60. The molecule has 1 rings (SSSR count). The maximum Gasteiger partial charge on any atom is 0.0116 e. The van der Waals surface area contributed by atoms with Gasteiger partial charge in [-0.25, -0.2) is 0 Å². The van der Waals surface area contributed by atoms with E-state index in [2.05, 4.69) is 31.4 Å². The molecule has 0 bridgehead atoms. The molecule has 0 spiro atoms. The minimum atomic E-state index is 1.15. The van der Waals surface area contributed by atoms with E-state index in [-0.39, 0.29) is 0 Å². The average molecular weight is 190 g/mol. The van der Waals surface area contributed by atoms with Crippen LogP contribution in [0.1, 0.15) is 12.8 Å². The Bertz CT molecular complexity index is 279. The molecule has 0 aliphatic heterocycles. The summed E-state index contributed by atoms with van der Waals surface area (Å²) in [6, 6.07) is 0. The highest BCUT2D eigenvalue weighted by Crippen LogP contribution is 2.29. The maximum atomic E-state index is 3.76. The molecule has 1 aliphatic rings. The standard InChI is InChI=1S/C12H14S/c1-3-8-11(4-2)13-12-9-6-5-7-10-12/h3-4,6,8-10H,1-2,5,7H2/b11-8+. The van der Waals surface area contributed by atoms with Gasteiger partial charge in [0.15, 0.2) is 0 Å². The Labute approximate surface area is 84.4 Å². The van der Waals surface area contributed by atoms with Gasteiger partial charge in [0.05, 0.1) is 0 Å². The zero-order chi connectivity index (χ0) is 9.52. The SMILES string of the molecule is C=C/C=C(\C=C)SC1=CCCC=C1. The molecule has 1 aliphatic carbocycles. The van der Waals surface area contributed by atoms with Crippen molar-refractivity contribution in [3.8, 4) is 0 Å². The second-order valence-electron chi connectivity index (χ2n) is 2.70. The van der Waals surface area contributed by atoms with Gasteiger partial charge in [0.1, 0.15) is 0 Å². The molecule has 0 aromatic heterocycles. The molecule has 0 amide bonds. The van der Waals surface area contributed by atoms with Gasteiger partial charge in [0.2, 0.25) is 0 Å². The van der Waals surface area contributed by atoms with Crippen molar-refractivity contribution in [2.45, 2.75) is 12.8 Å². The zero-order valence-corrected chi connectivity index (χ0v) is 8.52. The van der Waals surface area contributed by atoms with Gasteiger partial charge in [0, 0.05) is 9.81 Å². The number of allylic oxidation sites excluding steroid dienone is 6. The van der Waals surface area contributed by atoms with Crippen molar-refractivity contribution in [2.24, 2.45) is 0 Å². The van der Waals surface area contributed by atoms with Gasteiger partial charge >= 0.3 is 0 Å². The van der Waals surface area contributed by atoms with E-state index in [1.54, 1.807) is 17.8 Å². The normalized spacial score (nSPS) is 16.6. The predicted octanol–water partition coefficient (Wildman–Crippen LogP) is 4.21. The monoisotopic (exact) mass is 190 g/mol. The highest BCUT2D eigenvalue weighted by molar-refractivity contribution is 8.07. The minimum absolute atomic E-state index is 1.15. The zero-order valence-electron chi connectivity index (χ0n) is 7.70. The number of thioether (sulfide) groups is 1. The average Bonchev–Trinajstić information content (AvgIpc) is 2.19. The predicted molar refractivity (Wildman–Crippen MR) is 62.5 cm³/mol. The molecule has 0 fully saturated rings. The van der Waals surface area contributed by atoms with Crippen LogP contribution < -0.4 is 0 Å². The van der Waals surface area contributed by atoms with E-state index in [4.69, 9.17) is 0 Å². The van der Waals surface area contributed by atoms with Crippen LogP contribution in [0.4, 0.5) is 0 Å². The molecule has 0 atom stereocenters. The summed E-state index contributed by atoms with van der Waals surface area (Å²) in [5.74, 6) is 0. The van der Waals surface area contributed by atoms with Gasteiger partial charge in [0.25, 0.3) is 0 Å². The van der Waals surface area contributed by atoms with Crippen molar-refractivity contribution in [3.63, 3.8) is 0 Å². The van der Waals surface area contributed by atoms with E-state index in [9.17, 15) is 0 Å². The van der Waals surface area contributed by atoms with Crippen LogP contribution in [-0.4, -0.2) is 0 Å². The lowest BCUT2D eigenvalue weighted by Crippen LogP contribution is -1.80. The maximum absolute atomic E-state index is 3.76. The molecular formula is C12H14S. The molecule has 0 unspecified atom stereocenters. The minimum Gasteiger partial charge on any atom is -0.0990 e. The van der Waals surface area contributed by atoms with Gasteiger partial charge in [-0.2, -0.15) is 0 Å². The van der Waals surface area contributed by atoms with Crippen LogP contribution in [0.2, 0.25) is 0 Å². The van der Waals surface area contributed by atoms with Gasteiger partial charge in [-0.15, -0.1) is 0 Å². The Hall–Kier alpha value is -0.950. The van der Waals surface area contributed by atoms with Crippen molar-refractivity contribution in [3.05, 3.63) is 59.4 Å². The smallest absolute Gasteiger partial charge is 0.0116 e. The Morgan fingerprint density at radius 2 is 2.23 bits per heavy atom. The molecule has 0 nitrogen and oxygen atoms in total. The lowest BCUT2D eigenvalue weighted by Gasteiger charge is -2.06. The highest BCUT2D eigenvalue weighted by atomic mass is 32.2. The van der Waals surface area contributed by atoms with Crippen LogP contribution in [0.5, 0.6) is 0 Å². The van der Waals surface area contributed by atoms with Crippen LogP contribution in [0, 0.1) is 0 Å². The Morgan fingerprint density at radius 1 is 1.38 bits per heavy atom. The van der Waals surface area contributed by atoms with Crippen molar-refractivity contribution in [2.75, 3.05) is 0 Å². The third kappa shape index (κ3) is 3.51. The summed E-state index contributed by atoms with van der Waals surface area (Å²) in [6.45, 7) is 7.42. The molecule has 0 saturated carbocycles. The molecule has 13 heavy (non-hydrogen) atoms. The summed E-state index contributed by atoms with van der Waals surface area (Å²) in [4.78, 5) is 2.45.